The van der Waals surface area contributed by atoms with Crippen molar-refractivity contribution < 1.29 is 18.7 Å². The summed E-state index contributed by atoms with van der Waals surface area (Å²) in [5.74, 6) is -3.78. The van der Waals surface area contributed by atoms with Crippen LogP contribution in [0.25, 0.3) is 0 Å². The van der Waals surface area contributed by atoms with Crippen molar-refractivity contribution in [3.05, 3.63) is 0 Å². The van der Waals surface area contributed by atoms with Gasteiger partial charge in [-0.3, -0.25) is 4.79 Å². The molecule has 13 heavy (non-hydrogen) atoms. The molecule has 0 bridgehead atoms. The number of nitrogens with two attached hydrogens (primary N) is 1. The molecule has 77 valence electrons. The third-order valence-corrected chi connectivity index (χ3v) is 1.66. The summed E-state index contributed by atoms with van der Waals surface area (Å²) in [6.07, 6.45) is -1.43. The minimum absolute atomic E-state index is 0.0899. The SMILES string of the molecule is CC(C)C[C@H](N)[C@H](O)C(F)(F)[C]=O. The van der Waals surface area contributed by atoms with E-state index in [1.54, 1.807) is 13.8 Å². The molecule has 3 N–H and O–H groups in total. The van der Waals surface area contributed by atoms with Gasteiger partial charge in [0.1, 0.15) is 6.10 Å². The molecule has 0 unspecified atom stereocenters. The molecule has 0 aromatic rings. The van der Waals surface area contributed by atoms with E-state index in [0.717, 1.165) is 0 Å². The van der Waals surface area contributed by atoms with Gasteiger partial charge in [0.2, 0.25) is 0 Å². The van der Waals surface area contributed by atoms with E-state index in [2.05, 4.69) is 0 Å². The lowest BCUT2D eigenvalue weighted by Gasteiger charge is -2.23. The minimum atomic E-state index is -3.87. The zero-order valence-electron chi connectivity index (χ0n) is 7.63. The van der Waals surface area contributed by atoms with Crippen molar-refractivity contribution in [2.45, 2.75) is 38.3 Å². The van der Waals surface area contributed by atoms with Gasteiger partial charge in [-0.15, -0.1) is 0 Å². The summed E-state index contributed by atoms with van der Waals surface area (Å²) in [5, 5.41) is 8.96. The predicted octanol–water partition coefficient (Wildman–Crippen LogP) is 0.466. The van der Waals surface area contributed by atoms with E-state index < -0.39 is 18.1 Å². The number of rotatable bonds is 5. The van der Waals surface area contributed by atoms with Crippen LogP contribution in [-0.2, 0) is 4.79 Å². The van der Waals surface area contributed by atoms with Crippen molar-refractivity contribution in [2.24, 2.45) is 11.7 Å². The Morgan fingerprint density at radius 1 is 1.54 bits per heavy atom. The Kier molecular flexibility index (Phi) is 4.43. The number of carbonyl (C=O) groups excluding carboxylic acids is 1. The highest BCUT2D eigenvalue weighted by Gasteiger charge is 2.42. The van der Waals surface area contributed by atoms with Gasteiger partial charge in [-0.05, 0) is 12.3 Å². The standard InChI is InChI=1S/C8H14F2NO2/c1-5(2)3-6(11)7(13)8(9,10)4-12/h5-7,13H,3,11H2,1-2H3/t6-,7-/m0/s1. The average Bonchev–Trinajstić information content (AvgIpc) is 2.01. The first-order chi connectivity index (χ1) is 5.81. The number of aliphatic hydroxyl groups excluding tert-OH is 1. The number of hydrogen-bond donors (Lipinski definition) is 2. The van der Waals surface area contributed by atoms with E-state index in [1.165, 1.54) is 0 Å². The van der Waals surface area contributed by atoms with Crippen LogP contribution in [0.4, 0.5) is 8.78 Å². The second-order valence-corrected chi connectivity index (χ2v) is 3.46. The van der Waals surface area contributed by atoms with Crippen LogP contribution in [0.1, 0.15) is 20.3 Å². The highest BCUT2D eigenvalue weighted by atomic mass is 19.3. The summed E-state index contributed by atoms with van der Waals surface area (Å²) in [6, 6.07) is -1.10. The Hall–Kier alpha value is -0.550. The smallest absolute Gasteiger partial charge is 0.339 e. The summed E-state index contributed by atoms with van der Waals surface area (Å²) in [6.45, 7) is 3.57. The summed E-state index contributed by atoms with van der Waals surface area (Å²) >= 11 is 0. The molecule has 0 aliphatic carbocycles. The second-order valence-electron chi connectivity index (χ2n) is 3.46. The Morgan fingerprint density at radius 3 is 2.31 bits per heavy atom. The molecule has 0 aliphatic rings. The Labute approximate surface area is 75.9 Å². The maximum Gasteiger partial charge on any atom is 0.339 e. The van der Waals surface area contributed by atoms with Crippen molar-refractivity contribution in [1.29, 1.82) is 0 Å². The highest BCUT2D eigenvalue weighted by Crippen LogP contribution is 2.20. The normalized spacial score (nSPS) is 17.2. The molecule has 3 nitrogen and oxygen atoms in total. The molecule has 0 aromatic carbocycles. The van der Waals surface area contributed by atoms with Gasteiger partial charge in [0.25, 0.3) is 6.29 Å². The van der Waals surface area contributed by atoms with Crippen LogP contribution in [-0.4, -0.2) is 29.5 Å². The van der Waals surface area contributed by atoms with Crippen LogP contribution in [0.3, 0.4) is 0 Å². The highest BCUT2D eigenvalue weighted by molar-refractivity contribution is 5.61. The monoisotopic (exact) mass is 194 g/mol. The van der Waals surface area contributed by atoms with Gasteiger partial charge in [0.05, 0.1) is 0 Å². The van der Waals surface area contributed by atoms with Crippen LogP contribution in [0.15, 0.2) is 0 Å². The molecule has 1 radical (unpaired) electrons. The molecule has 0 heterocycles. The van der Waals surface area contributed by atoms with Gasteiger partial charge in [0.15, 0.2) is 0 Å². The average molecular weight is 194 g/mol. The Morgan fingerprint density at radius 2 is 2.00 bits per heavy atom. The summed E-state index contributed by atoms with van der Waals surface area (Å²) in [7, 11) is 0. The van der Waals surface area contributed by atoms with Gasteiger partial charge in [-0.25, -0.2) is 0 Å². The second kappa shape index (κ2) is 4.62. The first-order valence-electron chi connectivity index (χ1n) is 4.02. The molecule has 0 saturated carbocycles. The molecule has 0 aliphatic heterocycles. The molecular formula is C8H14F2NO2. The lowest BCUT2D eigenvalue weighted by Crippen LogP contribution is -2.48. The molecule has 0 amide bonds. The Bertz CT molecular complexity index is 174. The van der Waals surface area contributed by atoms with Gasteiger partial charge < -0.3 is 10.8 Å². The van der Waals surface area contributed by atoms with Crippen molar-refractivity contribution in [1.82, 2.24) is 0 Å². The van der Waals surface area contributed by atoms with Gasteiger partial charge in [-0.2, -0.15) is 8.78 Å². The lowest BCUT2D eigenvalue weighted by molar-refractivity contribution is -0.0679. The molecule has 0 saturated heterocycles. The molecule has 5 heteroatoms. The van der Waals surface area contributed by atoms with E-state index in [9.17, 15) is 13.6 Å². The topological polar surface area (TPSA) is 63.3 Å². The van der Waals surface area contributed by atoms with Crippen molar-refractivity contribution in [3.8, 4) is 0 Å². The predicted molar refractivity (Wildman–Crippen MR) is 44.1 cm³/mol. The quantitative estimate of drug-likeness (QED) is 0.668. The fourth-order valence-electron chi connectivity index (χ4n) is 1.00. The minimum Gasteiger partial charge on any atom is -0.385 e. The van der Waals surface area contributed by atoms with Gasteiger partial charge in [-0.1, -0.05) is 13.8 Å². The number of halogens is 2. The molecule has 0 aromatic heterocycles. The number of hydrogen-bond acceptors (Lipinski definition) is 3. The summed E-state index contributed by atoms with van der Waals surface area (Å²) < 4.78 is 25.0. The van der Waals surface area contributed by atoms with Crippen molar-refractivity contribution in [3.63, 3.8) is 0 Å². The maximum atomic E-state index is 12.5. The van der Waals surface area contributed by atoms with E-state index >= 15 is 0 Å². The van der Waals surface area contributed by atoms with Crippen molar-refractivity contribution >= 4 is 6.29 Å². The lowest BCUT2D eigenvalue weighted by atomic mass is 9.97. The summed E-state index contributed by atoms with van der Waals surface area (Å²) in [4.78, 5) is 9.77. The van der Waals surface area contributed by atoms with Gasteiger partial charge >= 0.3 is 5.92 Å². The van der Waals surface area contributed by atoms with E-state index in [-0.39, 0.29) is 12.3 Å². The van der Waals surface area contributed by atoms with E-state index in [0.29, 0.717) is 6.29 Å². The van der Waals surface area contributed by atoms with Crippen LogP contribution in [0.2, 0.25) is 0 Å². The van der Waals surface area contributed by atoms with Crippen LogP contribution >= 0.6 is 0 Å². The molecule has 0 rings (SSSR count). The largest absolute Gasteiger partial charge is 0.385 e. The van der Waals surface area contributed by atoms with Crippen LogP contribution < -0.4 is 5.73 Å². The van der Waals surface area contributed by atoms with E-state index in [1.807, 2.05) is 0 Å². The fourth-order valence-corrected chi connectivity index (χ4v) is 1.00. The maximum absolute atomic E-state index is 12.5. The molecule has 2 atom stereocenters. The fraction of sp³-hybridized carbons (Fsp3) is 0.875. The molecule has 0 fully saturated rings. The number of alkyl halides is 2. The zero-order chi connectivity index (χ0) is 10.6. The third kappa shape index (κ3) is 3.78. The van der Waals surface area contributed by atoms with Gasteiger partial charge in [0, 0.05) is 6.04 Å². The first kappa shape index (κ1) is 12.4. The molecule has 0 spiro atoms. The number of aliphatic hydroxyl groups is 1. The van der Waals surface area contributed by atoms with Crippen LogP contribution in [0, 0.1) is 5.92 Å². The third-order valence-electron chi connectivity index (χ3n) is 1.66. The van der Waals surface area contributed by atoms with Crippen LogP contribution in [0.5, 0.6) is 0 Å². The van der Waals surface area contributed by atoms with E-state index in [4.69, 9.17) is 10.8 Å². The first-order valence-corrected chi connectivity index (χ1v) is 4.02. The van der Waals surface area contributed by atoms with Crippen molar-refractivity contribution in [2.75, 3.05) is 0 Å². The summed E-state index contributed by atoms with van der Waals surface area (Å²) in [5.41, 5.74) is 5.27. The zero-order valence-corrected chi connectivity index (χ0v) is 7.63. The molecular weight excluding hydrogens is 180 g/mol. The Balaban J connectivity index is 4.24.